The Labute approximate surface area is 112 Å². The van der Waals surface area contributed by atoms with Crippen LogP contribution in [-0.2, 0) is 4.74 Å². The van der Waals surface area contributed by atoms with Crippen LogP contribution in [0.15, 0.2) is 30.4 Å². The van der Waals surface area contributed by atoms with E-state index in [0.29, 0.717) is 31.2 Å². The van der Waals surface area contributed by atoms with Crippen molar-refractivity contribution in [1.82, 2.24) is 0 Å². The van der Waals surface area contributed by atoms with Gasteiger partial charge in [-0.25, -0.2) is 0 Å². The topological polar surface area (TPSA) is 73.6 Å². The van der Waals surface area contributed by atoms with Crippen LogP contribution in [0, 0.1) is 10.1 Å². The summed E-state index contributed by atoms with van der Waals surface area (Å²) in [7, 11) is 1.47. The van der Waals surface area contributed by atoms with Gasteiger partial charge in [0, 0.05) is 24.4 Å². The molecule has 6 heteroatoms. The van der Waals surface area contributed by atoms with E-state index in [2.05, 4.69) is 11.9 Å². The highest BCUT2D eigenvalue weighted by atomic mass is 16.6. The Morgan fingerprint density at radius 1 is 1.47 bits per heavy atom. The zero-order valence-corrected chi connectivity index (χ0v) is 11.1. The van der Waals surface area contributed by atoms with Crippen LogP contribution in [0.1, 0.15) is 6.92 Å². The van der Waals surface area contributed by atoms with Gasteiger partial charge >= 0.3 is 0 Å². The summed E-state index contributed by atoms with van der Waals surface area (Å²) in [6.45, 7) is 7.18. The summed E-state index contributed by atoms with van der Waals surface area (Å²) >= 11 is 0. The summed E-state index contributed by atoms with van der Waals surface area (Å²) in [5.41, 5.74) is 1.58. The fourth-order valence-corrected chi connectivity index (χ4v) is 1.42. The molecule has 0 amide bonds. The van der Waals surface area contributed by atoms with E-state index in [1.54, 1.807) is 6.07 Å². The summed E-state index contributed by atoms with van der Waals surface area (Å²) < 4.78 is 10.3. The Balaban J connectivity index is 2.55. The number of nitrogens with zero attached hydrogens (tertiary/aromatic N) is 1. The number of nitrogens with one attached hydrogen (secondary N) is 1. The van der Waals surface area contributed by atoms with E-state index in [-0.39, 0.29) is 5.69 Å². The molecule has 0 saturated carbocycles. The largest absolute Gasteiger partial charge is 0.496 e. The molecule has 0 fully saturated rings. The molecular weight excluding hydrogens is 248 g/mol. The predicted molar refractivity (Wildman–Crippen MR) is 73.8 cm³/mol. The van der Waals surface area contributed by atoms with Crippen LogP contribution >= 0.6 is 0 Å². The minimum absolute atomic E-state index is 0.00953. The van der Waals surface area contributed by atoms with Crippen LogP contribution in [0.4, 0.5) is 11.4 Å². The lowest BCUT2D eigenvalue weighted by Gasteiger charge is -2.09. The lowest BCUT2D eigenvalue weighted by atomic mass is 10.2. The average Bonchev–Trinajstić information content (AvgIpc) is 2.37. The normalized spacial score (nSPS) is 10.0. The minimum atomic E-state index is -0.453. The maximum atomic E-state index is 10.8. The van der Waals surface area contributed by atoms with E-state index in [9.17, 15) is 10.1 Å². The molecule has 0 saturated heterocycles. The lowest BCUT2D eigenvalue weighted by molar-refractivity contribution is -0.384. The molecule has 0 heterocycles. The first-order valence-electron chi connectivity index (χ1n) is 5.82. The molecule has 0 bridgehead atoms. The van der Waals surface area contributed by atoms with Gasteiger partial charge < -0.3 is 14.8 Å². The van der Waals surface area contributed by atoms with Crippen molar-refractivity contribution in [2.24, 2.45) is 0 Å². The second-order valence-electron chi connectivity index (χ2n) is 4.11. The van der Waals surface area contributed by atoms with Gasteiger partial charge in [0.15, 0.2) is 0 Å². The smallest absolute Gasteiger partial charge is 0.275 e. The third-order valence-corrected chi connectivity index (χ3v) is 2.26. The summed E-state index contributed by atoms with van der Waals surface area (Å²) in [4.78, 5) is 10.3. The summed E-state index contributed by atoms with van der Waals surface area (Å²) in [6.07, 6.45) is 0. The van der Waals surface area contributed by atoms with Crippen LogP contribution in [0.5, 0.6) is 5.75 Å². The van der Waals surface area contributed by atoms with Gasteiger partial charge in [-0.05, 0) is 6.92 Å². The van der Waals surface area contributed by atoms with Crippen molar-refractivity contribution in [2.75, 3.05) is 32.2 Å². The SMILES string of the molecule is C=C(C)COCCNc1cc(OC)cc([N+](=O)[O-])c1. The molecule has 0 aromatic heterocycles. The molecule has 1 N–H and O–H groups in total. The number of hydrogen-bond acceptors (Lipinski definition) is 5. The molecular formula is C13H18N2O4. The van der Waals surface area contributed by atoms with Crippen LogP contribution < -0.4 is 10.1 Å². The summed E-state index contributed by atoms with van der Waals surface area (Å²) in [5.74, 6) is 0.444. The first kappa shape index (κ1) is 15.0. The second-order valence-corrected chi connectivity index (χ2v) is 4.11. The van der Waals surface area contributed by atoms with Crippen molar-refractivity contribution >= 4 is 11.4 Å². The molecule has 0 spiro atoms. The number of rotatable bonds is 8. The number of nitro groups is 1. The van der Waals surface area contributed by atoms with E-state index < -0.39 is 4.92 Å². The molecule has 1 aromatic carbocycles. The van der Waals surface area contributed by atoms with Gasteiger partial charge in [0.1, 0.15) is 5.75 Å². The number of ether oxygens (including phenoxy) is 2. The molecule has 0 radical (unpaired) electrons. The molecule has 0 unspecified atom stereocenters. The highest BCUT2D eigenvalue weighted by molar-refractivity contribution is 5.56. The van der Waals surface area contributed by atoms with Gasteiger partial charge in [-0.15, -0.1) is 0 Å². The van der Waals surface area contributed by atoms with Crippen molar-refractivity contribution in [2.45, 2.75) is 6.92 Å². The predicted octanol–water partition coefficient (Wildman–Crippen LogP) is 2.61. The third kappa shape index (κ3) is 5.39. The van der Waals surface area contributed by atoms with Crippen LogP contribution in [0.3, 0.4) is 0 Å². The summed E-state index contributed by atoms with van der Waals surface area (Å²) in [5, 5.41) is 13.8. The highest BCUT2D eigenvalue weighted by Crippen LogP contribution is 2.25. The van der Waals surface area contributed by atoms with E-state index in [0.717, 1.165) is 5.57 Å². The maximum absolute atomic E-state index is 10.8. The molecule has 0 aliphatic rings. The Bertz CT molecular complexity index is 460. The van der Waals surface area contributed by atoms with Crippen LogP contribution in [-0.4, -0.2) is 31.8 Å². The van der Waals surface area contributed by atoms with Gasteiger partial charge in [0.25, 0.3) is 5.69 Å². The number of anilines is 1. The monoisotopic (exact) mass is 266 g/mol. The Kier molecular flexibility index (Phi) is 5.81. The molecule has 19 heavy (non-hydrogen) atoms. The van der Waals surface area contributed by atoms with Crippen LogP contribution in [0.25, 0.3) is 0 Å². The van der Waals surface area contributed by atoms with Crippen LogP contribution in [0.2, 0.25) is 0 Å². The maximum Gasteiger partial charge on any atom is 0.275 e. The van der Waals surface area contributed by atoms with Gasteiger partial charge in [-0.2, -0.15) is 0 Å². The molecule has 1 rings (SSSR count). The Morgan fingerprint density at radius 2 is 2.21 bits per heavy atom. The third-order valence-electron chi connectivity index (χ3n) is 2.26. The van der Waals surface area contributed by atoms with Crippen molar-refractivity contribution in [3.8, 4) is 5.75 Å². The Hall–Kier alpha value is -2.08. The lowest BCUT2D eigenvalue weighted by Crippen LogP contribution is -2.10. The molecule has 0 aliphatic carbocycles. The zero-order chi connectivity index (χ0) is 14.3. The first-order chi connectivity index (χ1) is 9.02. The number of methoxy groups -OCH3 is 1. The number of hydrogen-bond donors (Lipinski definition) is 1. The second kappa shape index (κ2) is 7.38. The Morgan fingerprint density at radius 3 is 2.79 bits per heavy atom. The molecule has 104 valence electrons. The van der Waals surface area contributed by atoms with Crippen molar-refractivity contribution in [1.29, 1.82) is 0 Å². The number of benzene rings is 1. The molecule has 1 aromatic rings. The molecule has 0 aliphatic heterocycles. The van der Waals surface area contributed by atoms with E-state index in [1.165, 1.54) is 19.2 Å². The van der Waals surface area contributed by atoms with Gasteiger partial charge in [-0.1, -0.05) is 12.2 Å². The van der Waals surface area contributed by atoms with Crippen molar-refractivity contribution in [3.63, 3.8) is 0 Å². The minimum Gasteiger partial charge on any atom is -0.496 e. The van der Waals surface area contributed by atoms with Gasteiger partial charge in [-0.3, -0.25) is 10.1 Å². The van der Waals surface area contributed by atoms with E-state index in [4.69, 9.17) is 9.47 Å². The van der Waals surface area contributed by atoms with Crippen molar-refractivity contribution < 1.29 is 14.4 Å². The van der Waals surface area contributed by atoms with Gasteiger partial charge in [0.05, 0.1) is 31.3 Å². The highest BCUT2D eigenvalue weighted by Gasteiger charge is 2.09. The standard InChI is InChI=1S/C13H18N2O4/c1-10(2)9-19-5-4-14-11-6-12(15(16)17)8-13(7-11)18-3/h6-8,14H,1,4-5,9H2,2-3H3. The molecule has 0 atom stereocenters. The first-order valence-corrected chi connectivity index (χ1v) is 5.82. The number of nitro benzene ring substituents is 1. The zero-order valence-electron chi connectivity index (χ0n) is 11.1. The fourth-order valence-electron chi connectivity index (χ4n) is 1.42. The van der Waals surface area contributed by atoms with Gasteiger partial charge in [0.2, 0.25) is 0 Å². The number of non-ortho nitro benzene ring substituents is 1. The summed E-state index contributed by atoms with van der Waals surface area (Å²) in [6, 6.07) is 4.54. The molecule has 6 nitrogen and oxygen atoms in total. The van der Waals surface area contributed by atoms with E-state index >= 15 is 0 Å². The van der Waals surface area contributed by atoms with E-state index in [1.807, 2.05) is 6.92 Å². The quantitative estimate of drug-likeness (QED) is 0.339. The van der Waals surface area contributed by atoms with Crippen molar-refractivity contribution in [3.05, 3.63) is 40.5 Å². The average molecular weight is 266 g/mol. The fraction of sp³-hybridized carbons (Fsp3) is 0.385.